The van der Waals surface area contributed by atoms with Crippen molar-refractivity contribution in [1.29, 1.82) is 5.26 Å². The second-order valence-electron chi connectivity index (χ2n) is 6.29. The number of aromatic nitrogens is 1. The highest BCUT2D eigenvalue weighted by Crippen LogP contribution is 2.28. The first kappa shape index (κ1) is 19.2. The summed E-state index contributed by atoms with van der Waals surface area (Å²) in [5, 5.41) is 8.96. The third-order valence-electron chi connectivity index (χ3n) is 4.47. The fourth-order valence-corrected chi connectivity index (χ4v) is 3.11. The van der Waals surface area contributed by atoms with Gasteiger partial charge in [0.25, 0.3) is 0 Å². The van der Waals surface area contributed by atoms with Crippen LogP contribution in [0.1, 0.15) is 27.3 Å². The number of nitrogens with zero attached hydrogens (tertiary/aromatic N) is 2. The molecule has 0 aliphatic rings. The molecule has 0 aliphatic carbocycles. The summed E-state index contributed by atoms with van der Waals surface area (Å²) in [4.78, 5) is 12.7. The molecule has 0 atom stereocenters. The number of rotatable bonds is 6. The molecule has 0 bridgehead atoms. The quantitative estimate of drug-likeness (QED) is 0.597. The summed E-state index contributed by atoms with van der Waals surface area (Å²) in [6.45, 7) is 3.56. The maximum absolute atomic E-state index is 13.2. The van der Waals surface area contributed by atoms with Gasteiger partial charge < -0.3 is 14.0 Å². The first-order valence-corrected chi connectivity index (χ1v) is 8.63. The van der Waals surface area contributed by atoms with E-state index in [4.69, 9.17) is 14.7 Å². The first-order chi connectivity index (χ1) is 13.4. The number of Topliss-reactive ketones (excluding diaryl/α,β-unsaturated/α-hetero) is 1. The minimum Gasteiger partial charge on any atom is -0.493 e. The van der Waals surface area contributed by atoms with Crippen molar-refractivity contribution < 1.29 is 18.7 Å². The Bertz CT molecular complexity index is 1060. The minimum atomic E-state index is -0.313. The Balaban J connectivity index is 1.82. The lowest BCUT2D eigenvalue weighted by molar-refractivity contribution is 0.0919. The van der Waals surface area contributed by atoms with Crippen molar-refractivity contribution in [2.75, 3.05) is 13.7 Å². The molecule has 0 radical (unpaired) electrons. The fourth-order valence-electron chi connectivity index (χ4n) is 3.11. The number of carbonyl (C=O) groups excluding carboxylic acids is 1. The molecule has 0 N–H and O–H groups in total. The van der Waals surface area contributed by atoms with Crippen LogP contribution in [0.3, 0.4) is 0 Å². The van der Waals surface area contributed by atoms with Crippen LogP contribution in [0.25, 0.3) is 5.69 Å². The normalized spacial score (nSPS) is 10.4. The number of hydrogen-bond donors (Lipinski definition) is 0. The molecular formula is C22H19FN2O3. The van der Waals surface area contributed by atoms with Crippen LogP contribution >= 0.6 is 0 Å². The van der Waals surface area contributed by atoms with E-state index in [0.29, 0.717) is 22.6 Å². The summed E-state index contributed by atoms with van der Waals surface area (Å²) in [7, 11) is 1.47. The van der Waals surface area contributed by atoms with Crippen LogP contribution in [0.2, 0.25) is 0 Å². The number of carbonyl (C=O) groups is 1. The molecular weight excluding hydrogens is 359 g/mol. The number of hydrogen-bond acceptors (Lipinski definition) is 4. The average molecular weight is 378 g/mol. The Labute approximate surface area is 162 Å². The lowest BCUT2D eigenvalue weighted by Crippen LogP contribution is -2.13. The van der Waals surface area contributed by atoms with Crippen molar-refractivity contribution >= 4 is 5.78 Å². The van der Waals surface area contributed by atoms with E-state index in [1.807, 2.05) is 24.5 Å². The Morgan fingerprint density at radius 3 is 2.46 bits per heavy atom. The van der Waals surface area contributed by atoms with E-state index < -0.39 is 0 Å². The predicted octanol–water partition coefficient (Wildman–Crippen LogP) is 4.38. The van der Waals surface area contributed by atoms with Crippen molar-refractivity contribution in [2.24, 2.45) is 0 Å². The predicted molar refractivity (Wildman–Crippen MR) is 103 cm³/mol. The summed E-state index contributed by atoms with van der Waals surface area (Å²) in [5.74, 6) is 0.283. The lowest BCUT2D eigenvalue weighted by Gasteiger charge is -2.11. The topological polar surface area (TPSA) is 64.2 Å². The molecule has 2 aromatic carbocycles. The SMILES string of the molecule is COc1cc(C#N)ccc1OCC(=O)c1cc(C)n(-c2ccc(F)cc2)c1C. The van der Waals surface area contributed by atoms with Gasteiger partial charge in [-0.3, -0.25) is 4.79 Å². The largest absolute Gasteiger partial charge is 0.493 e. The van der Waals surface area contributed by atoms with Crippen molar-refractivity contribution in [3.05, 3.63) is 76.9 Å². The maximum atomic E-state index is 13.2. The van der Waals surface area contributed by atoms with Crippen LogP contribution in [-0.4, -0.2) is 24.1 Å². The van der Waals surface area contributed by atoms with Crippen molar-refractivity contribution in [1.82, 2.24) is 4.57 Å². The summed E-state index contributed by atoms with van der Waals surface area (Å²) >= 11 is 0. The Hall–Kier alpha value is -3.59. The Kier molecular flexibility index (Phi) is 5.46. The van der Waals surface area contributed by atoms with Gasteiger partial charge in [0.15, 0.2) is 18.1 Å². The first-order valence-electron chi connectivity index (χ1n) is 8.63. The third kappa shape index (κ3) is 3.74. The molecule has 0 fully saturated rings. The molecule has 0 spiro atoms. The molecule has 3 rings (SSSR count). The van der Waals surface area contributed by atoms with Crippen molar-refractivity contribution in [2.45, 2.75) is 13.8 Å². The zero-order chi connectivity index (χ0) is 20.3. The smallest absolute Gasteiger partial charge is 0.202 e. The monoisotopic (exact) mass is 378 g/mol. The molecule has 6 heteroatoms. The van der Waals surface area contributed by atoms with Crippen LogP contribution in [0.5, 0.6) is 11.5 Å². The Morgan fingerprint density at radius 1 is 1.11 bits per heavy atom. The van der Waals surface area contributed by atoms with Crippen LogP contribution in [-0.2, 0) is 0 Å². The number of methoxy groups -OCH3 is 1. The van der Waals surface area contributed by atoms with Crippen LogP contribution < -0.4 is 9.47 Å². The lowest BCUT2D eigenvalue weighted by atomic mass is 10.1. The second-order valence-corrected chi connectivity index (χ2v) is 6.29. The number of nitriles is 1. The van der Waals surface area contributed by atoms with Crippen LogP contribution in [0, 0.1) is 31.0 Å². The van der Waals surface area contributed by atoms with Gasteiger partial charge in [0.1, 0.15) is 5.82 Å². The van der Waals surface area contributed by atoms with Gasteiger partial charge in [-0.05, 0) is 56.3 Å². The molecule has 1 heterocycles. The number of ether oxygens (including phenoxy) is 2. The highest BCUT2D eigenvalue weighted by atomic mass is 19.1. The van der Waals surface area contributed by atoms with Crippen LogP contribution in [0.4, 0.5) is 4.39 Å². The number of halogens is 1. The van der Waals surface area contributed by atoms with E-state index in [2.05, 4.69) is 0 Å². The van der Waals surface area contributed by atoms with Gasteiger partial charge in [0.2, 0.25) is 5.78 Å². The Morgan fingerprint density at radius 2 is 1.82 bits per heavy atom. The third-order valence-corrected chi connectivity index (χ3v) is 4.47. The summed E-state index contributed by atoms with van der Waals surface area (Å²) in [6, 6.07) is 14.7. The van der Waals surface area contributed by atoms with Gasteiger partial charge in [-0.1, -0.05) is 0 Å². The standard InChI is InChI=1S/C22H19FN2O3/c1-14-10-19(15(2)25(14)18-7-5-17(23)6-8-18)20(26)13-28-21-9-4-16(12-24)11-22(21)27-3/h4-11H,13H2,1-3H3. The average Bonchev–Trinajstić information content (AvgIpc) is 3.01. The molecule has 5 nitrogen and oxygen atoms in total. The molecule has 0 saturated carbocycles. The molecule has 3 aromatic rings. The molecule has 0 amide bonds. The highest BCUT2D eigenvalue weighted by Gasteiger charge is 2.18. The fraction of sp³-hybridized carbons (Fsp3) is 0.182. The second kappa shape index (κ2) is 7.97. The van der Waals surface area contributed by atoms with Gasteiger partial charge in [-0.2, -0.15) is 5.26 Å². The summed E-state index contributed by atoms with van der Waals surface area (Å²) in [5.41, 5.74) is 3.38. The summed E-state index contributed by atoms with van der Waals surface area (Å²) in [6.07, 6.45) is 0. The summed E-state index contributed by atoms with van der Waals surface area (Å²) < 4.78 is 25.9. The van der Waals surface area contributed by atoms with E-state index in [-0.39, 0.29) is 18.2 Å². The number of aryl methyl sites for hydroxylation is 1. The number of benzene rings is 2. The van der Waals surface area contributed by atoms with Gasteiger partial charge in [-0.15, -0.1) is 0 Å². The zero-order valence-electron chi connectivity index (χ0n) is 15.8. The van der Waals surface area contributed by atoms with Crippen molar-refractivity contribution in [3.63, 3.8) is 0 Å². The molecule has 1 aromatic heterocycles. The highest BCUT2D eigenvalue weighted by molar-refractivity contribution is 5.98. The molecule has 0 aliphatic heterocycles. The van der Waals surface area contributed by atoms with Crippen molar-refractivity contribution in [3.8, 4) is 23.3 Å². The van der Waals surface area contributed by atoms with Gasteiger partial charge in [-0.25, -0.2) is 4.39 Å². The number of ketones is 1. The zero-order valence-corrected chi connectivity index (χ0v) is 15.8. The van der Waals surface area contributed by atoms with Gasteiger partial charge in [0, 0.05) is 28.7 Å². The van der Waals surface area contributed by atoms with E-state index in [0.717, 1.165) is 17.1 Å². The van der Waals surface area contributed by atoms with E-state index in [1.165, 1.54) is 19.2 Å². The van der Waals surface area contributed by atoms with Crippen LogP contribution in [0.15, 0.2) is 48.5 Å². The van der Waals surface area contributed by atoms with E-state index in [9.17, 15) is 9.18 Å². The van der Waals surface area contributed by atoms with E-state index >= 15 is 0 Å². The maximum Gasteiger partial charge on any atom is 0.202 e. The molecule has 142 valence electrons. The molecule has 0 saturated heterocycles. The van der Waals surface area contributed by atoms with Gasteiger partial charge in [0.05, 0.1) is 18.7 Å². The molecule has 28 heavy (non-hydrogen) atoms. The van der Waals surface area contributed by atoms with Gasteiger partial charge >= 0.3 is 0 Å². The van der Waals surface area contributed by atoms with E-state index in [1.54, 1.807) is 36.4 Å². The molecule has 0 unspecified atom stereocenters. The minimum absolute atomic E-state index is 0.171.